The van der Waals surface area contributed by atoms with E-state index in [1.165, 1.54) is 4.90 Å². The van der Waals surface area contributed by atoms with E-state index in [2.05, 4.69) is 0 Å². The van der Waals surface area contributed by atoms with E-state index in [4.69, 9.17) is 9.47 Å². The molecule has 180 valence electrons. The van der Waals surface area contributed by atoms with Gasteiger partial charge in [-0.25, -0.2) is 0 Å². The number of carbonyl (C=O) groups excluding carboxylic acids is 2. The Hall–Kier alpha value is -4.06. The Morgan fingerprint density at radius 1 is 0.971 bits per heavy atom. The number of benzene rings is 3. The van der Waals surface area contributed by atoms with Gasteiger partial charge in [-0.3, -0.25) is 14.5 Å². The standard InChI is InChI=1S/C29H29NO5/c1-6-35-22-12-8-10-20(16-22)26-25(27(31)23-14-19(4)24(34-5)15-18(23)3)28(32)29(33)30(26)21-11-7-9-17(2)13-21/h7-16,26,31H,6H2,1-5H3/b27-25+. The number of carbonyl (C=O) groups is 2. The zero-order valence-electron chi connectivity index (χ0n) is 20.6. The van der Waals surface area contributed by atoms with Crippen molar-refractivity contribution in [3.05, 3.63) is 94.1 Å². The van der Waals surface area contributed by atoms with Crippen LogP contribution in [0.4, 0.5) is 5.69 Å². The molecule has 6 nitrogen and oxygen atoms in total. The Labute approximate surface area is 205 Å². The van der Waals surface area contributed by atoms with E-state index in [-0.39, 0.29) is 11.3 Å². The molecule has 0 aliphatic carbocycles. The van der Waals surface area contributed by atoms with Crippen LogP contribution in [0, 0.1) is 20.8 Å². The molecule has 4 rings (SSSR count). The molecule has 0 spiro atoms. The van der Waals surface area contributed by atoms with Crippen molar-refractivity contribution in [2.45, 2.75) is 33.7 Å². The van der Waals surface area contributed by atoms with Crippen LogP contribution < -0.4 is 14.4 Å². The monoisotopic (exact) mass is 471 g/mol. The molecular weight excluding hydrogens is 442 g/mol. The summed E-state index contributed by atoms with van der Waals surface area (Å²) in [5.41, 5.74) is 4.26. The molecule has 6 heteroatoms. The summed E-state index contributed by atoms with van der Waals surface area (Å²) in [4.78, 5) is 28.3. The Morgan fingerprint density at radius 3 is 2.40 bits per heavy atom. The Bertz CT molecular complexity index is 1340. The van der Waals surface area contributed by atoms with E-state index in [1.54, 1.807) is 19.2 Å². The van der Waals surface area contributed by atoms with Crippen LogP contribution >= 0.6 is 0 Å². The second-order valence-corrected chi connectivity index (χ2v) is 8.65. The average Bonchev–Trinajstić information content (AvgIpc) is 3.10. The molecule has 0 bridgehead atoms. The van der Waals surface area contributed by atoms with Gasteiger partial charge in [0.1, 0.15) is 17.3 Å². The normalized spacial score (nSPS) is 17.1. The van der Waals surface area contributed by atoms with E-state index >= 15 is 0 Å². The number of aryl methyl sites for hydroxylation is 3. The van der Waals surface area contributed by atoms with Gasteiger partial charge in [0.15, 0.2) is 0 Å². The minimum atomic E-state index is -0.820. The third kappa shape index (κ3) is 4.39. The number of anilines is 1. The molecule has 1 saturated heterocycles. The molecule has 1 atom stereocenters. The van der Waals surface area contributed by atoms with Gasteiger partial charge in [-0.05, 0) is 86.3 Å². The first-order valence-electron chi connectivity index (χ1n) is 11.5. The summed E-state index contributed by atoms with van der Waals surface area (Å²) in [7, 11) is 1.58. The summed E-state index contributed by atoms with van der Waals surface area (Å²) < 4.78 is 11.1. The summed E-state index contributed by atoms with van der Waals surface area (Å²) >= 11 is 0. The van der Waals surface area contributed by atoms with Crippen LogP contribution in [0.15, 0.2) is 66.2 Å². The highest BCUT2D eigenvalue weighted by Crippen LogP contribution is 2.43. The van der Waals surface area contributed by atoms with Gasteiger partial charge in [0, 0.05) is 11.3 Å². The van der Waals surface area contributed by atoms with Gasteiger partial charge in [-0.2, -0.15) is 0 Å². The molecule has 0 aromatic heterocycles. The molecule has 1 heterocycles. The fourth-order valence-corrected chi connectivity index (χ4v) is 4.54. The summed E-state index contributed by atoms with van der Waals surface area (Å²) in [6, 6.07) is 17.5. The fraction of sp³-hybridized carbons (Fsp3) is 0.241. The third-order valence-corrected chi connectivity index (χ3v) is 6.21. The largest absolute Gasteiger partial charge is 0.507 e. The molecule has 1 N–H and O–H groups in total. The van der Waals surface area contributed by atoms with Gasteiger partial charge >= 0.3 is 0 Å². The highest BCUT2D eigenvalue weighted by molar-refractivity contribution is 6.51. The topological polar surface area (TPSA) is 76.1 Å². The molecule has 1 fully saturated rings. The van der Waals surface area contributed by atoms with Crippen LogP contribution in [0.1, 0.15) is 40.8 Å². The van der Waals surface area contributed by atoms with Crippen molar-refractivity contribution in [2.75, 3.05) is 18.6 Å². The van der Waals surface area contributed by atoms with Crippen molar-refractivity contribution >= 4 is 23.1 Å². The molecule has 0 saturated carbocycles. The number of nitrogens with zero attached hydrogens (tertiary/aromatic N) is 1. The highest BCUT2D eigenvalue weighted by Gasteiger charge is 2.47. The summed E-state index contributed by atoms with van der Waals surface area (Å²) in [5.74, 6) is -0.333. The first-order chi connectivity index (χ1) is 16.8. The maximum absolute atomic E-state index is 13.4. The molecule has 1 aliphatic rings. The van der Waals surface area contributed by atoms with Gasteiger partial charge in [-0.15, -0.1) is 0 Å². The maximum atomic E-state index is 13.4. The minimum Gasteiger partial charge on any atom is -0.507 e. The number of methoxy groups -OCH3 is 1. The highest BCUT2D eigenvalue weighted by atomic mass is 16.5. The van der Waals surface area contributed by atoms with Gasteiger partial charge in [0.05, 0.1) is 25.3 Å². The SMILES string of the molecule is CCOc1cccc(C2/C(=C(\O)c3cc(C)c(OC)cc3C)C(=O)C(=O)N2c2cccc(C)c2)c1. The first-order valence-corrected chi connectivity index (χ1v) is 11.5. The zero-order valence-corrected chi connectivity index (χ0v) is 20.6. The second kappa shape index (κ2) is 9.66. The van der Waals surface area contributed by atoms with Crippen molar-refractivity contribution in [1.82, 2.24) is 0 Å². The Kier molecular flexibility index (Phi) is 6.65. The molecule has 1 unspecified atom stereocenters. The molecule has 35 heavy (non-hydrogen) atoms. The lowest BCUT2D eigenvalue weighted by molar-refractivity contribution is -0.132. The van der Waals surface area contributed by atoms with Crippen molar-refractivity contribution in [2.24, 2.45) is 0 Å². The number of ketones is 1. The lowest BCUT2D eigenvalue weighted by Gasteiger charge is -2.26. The van der Waals surface area contributed by atoms with Crippen LogP contribution in [0.3, 0.4) is 0 Å². The van der Waals surface area contributed by atoms with Crippen LogP contribution in [0.5, 0.6) is 11.5 Å². The minimum absolute atomic E-state index is 0.0396. The zero-order chi connectivity index (χ0) is 25.3. The van der Waals surface area contributed by atoms with Crippen molar-refractivity contribution in [3.63, 3.8) is 0 Å². The number of rotatable bonds is 6. The van der Waals surface area contributed by atoms with Gasteiger partial charge in [0.25, 0.3) is 11.7 Å². The van der Waals surface area contributed by atoms with E-state index in [0.29, 0.717) is 34.9 Å². The predicted octanol–water partition coefficient (Wildman–Crippen LogP) is 5.65. The van der Waals surface area contributed by atoms with E-state index in [0.717, 1.165) is 16.7 Å². The first kappa shape index (κ1) is 24.1. The number of aliphatic hydroxyl groups excluding tert-OH is 1. The maximum Gasteiger partial charge on any atom is 0.300 e. The Morgan fingerprint density at radius 2 is 1.71 bits per heavy atom. The second-order valence-electron chi connectivity index (χ2n) is 8.65. The van der Waals surface area contributed by atoms with E-state index < -0.39 is 17.7 Å². The van der Waals surface area contributed by atoms with Crippen LogP contribution in [-0.4, -0.2) is 30.5 Å². The van der Waals surface area contributed by atoms with Crippen molar-refractivity contribution < 1.29 is 24.2 Å². The number of Topliss-reactive ketones (excluding diaryl/α,β-unsaturated/α-hetero) is 1. The van der Waals surface area contributed by atoms with Crippen LogP contribution in [0.25, 0.3) is 5.76 Å². The number of hydrogen-bond acceptors (Lipinski definition) is 5. The van der Waals surface area contributed by atoms with Crippen LogP contribution in [0.2, 0.25) is 0 Å². The number of amides is 1. The van der Waals surface area contributed by atoms with E-state index in [1.807, 2.05) is 76.2 Å². The third-order valence-electron chi connectivity index (χ3n) is 6.21. The quantitative estimate of drug-likeness (QED) is 0.286. The number of aliphatic hydroxyl groups is 1. The number of ether oxygens (including phenoxy) is 2. The lowest BCUT2D eigenvalue weighted by atomic mass is 9.92. The molecule has 0 radical (unpaired) electrons. The molecular formula is C29H29NO5. The predicted molar refractivity (Wildman–Crippen MR) is 136 cm³/mol. The molecule has 1 amide bonds. The summed E-state index contributed by atoms with van der Waals surface area (Å²) in [6.45, 7) is 7.99. The summed E-state index contributed by atoms with van der Waals surface area (Å²) in [6.07, 6.45) is 0. The molecule has 1 aliphatic heterocycles. The van der Waals surface area contributed by atoms with Gasteiger partial charge in [-0.1, -0.05) is 24.3 Å². The average molecular weight is 472 g/mol. The molecule has 3 aromatic carbocycles. The smallest absolute Gasteiger partial charge is 0.300 e. The van der Waals surface area contributed by atoms with Gasteiger partial charge in [0.2, 0.25) is 0 Å². The van der Waals surface area contributed by atoms with E-state index in [9.17, 15) is 14.7 Å². The van der Waals surface area contributed by atoms with Gasteiger partial charge < -0.3 is 14.6 Å². The van der Waals surface area contributed by atoms with Crippen molar-refractivity contribution in [3.8, 4) is 11.5 Å². The fourth-order valence-electron chi connectivity index (χ4n) is 4.54. The van der Waals surface area contributed by atoms with Crippen molar-refractivity contribution in [1.29, 1.82) is 0 Å². The van der Waals surface area contributed by atoms with Crippen LogP contribution in [-0.2, 0) is 9.59 Å². The summed E-state index contributed by atoms with van der Waals surface area (Å²) in [5, 5.41) is 11.5. The number of hydrogen-bond donors (Lipinski definition) is 1. The Balaban J connectivity index is 1.98. The lowest BCUT2D eigenvalue weighted by Crippen LogP contribution is -2.29. The molecule has 3 aromatic rings.